The first-order valence-corrected chi connectivity index (χ1v) is 8.97. The second kappa shape index (κ2) is 7.09. The largest absolute Gasteiger partial charge is 0.334 e. The van der Waals surface area contributed by atoms with Crippen LogP contribution in [0.25, 0.3) is 0 Å². The summed E-state index contributed by atoms with van der Waals surface area (Å²) in [6.45, 7) is 5.59. The fraction of sp³-hybridized carbons (Fsp3) is 0.316. The Morgan fingerprint density at radius 2 is 2.00 bits per heavy atom. The lowest BCUT2D eigenvalue weighted by molar-refractivity contribution is 0.199. The van der Waals surface area contributed by atoms with Crippen LogP contribution in [0.15, 0.2) is 48.5 Å². The molecule has 0 aromatic heterocycles. The normalized spacial score (nSPS) is 17.3. The first-order chi connectivity index (χ1) is 11.1. The summed E-state index contributed by atoms with van der Waals surface area (Å²) in [5.74, 6) is 0.983. The van der Waals surface area contributed by atoms with Crippen molar-refractivity contribution in [1.82, 2.24) is 10.2 Å². The Morgan fingerprint density at radius 1 is 1.22 bits per heavy atom. The van der Waals surface area contributed by atoms with Crippen LogP contribution in [0.4, 0.5) is 4.79 Å². The lowest BCUT2D eigenvalue weighted by atomic mass is 10.1. The summed E-state index contributed by atoms with van der Waals surface area (Å²) in [5.41, 5.74) is 4.88. The molecule has 0 spiro atoms. The van der Waals surface area contributed by atoms with Crippen LogP contribution in [0, 0.1) is 13.8 Å². The average molecular weight is 326 g/mol. The van der Waals surface area contributed by atoms with Gasteiger partial charge in [-0.2, -0.15) is 0 Å². The molecule has 2 aromatic carbocycles. The molecule has 2 aromatic rings. The summed E-state index contributed by atoms with van der Waals surface area (Å²) in [7, 11) is 0. The molecule has 0 saturated carbocycles. The van der Waals surface area contributed by atoms with Crippen LogP contribution in [0.1, 0.15) is 27.6 Å². The Hall–Kier alpha value is -1.94. The highest BCUT2D eigenvalue weighted by atomic mass is 32.2. The van der Waals surface area contributed by atoms with Gasteiger partial charge in [-0.25, -0.2) is 4.79 Å². The highest BCUT2D eigenvalue weighted by molar-refractivity contribution is 7.99. The number of carbonyl (C=O) groups is 1. The Bertz CT molecular complexity index is 687. The molecule has 3 nitrogen and oxygen atoms in total. The van der Waals surface area contributed by atoms with Crippen molar-refractivity contribution in [3.63, 3.8) is 0 Å². The van der Waals surface area contributed by atoms with Crippen molar-refractivity contribution in [1.29, 1.82) is 0 Å². The molecule has 1 fully saturated rings. The summed E-state index contributed by atoms with van der Waals surface area (Å²) in [6, 6.07) is 16.5. The molecule has 4 heteroatoms. The fourth-order valence-corrected chi connectivity index (χ4v) is 4.26. The third-order valence-corrected chi connectivity index (χ3v) is 5.37. The van der Waals surface area contributed by atoms with Crippen LogP contribution in [0.3, 0.4) is 0 Å². The number of hydrogen-bond acceptors (Lipinski definition) is 2. The monoisotopic (exact) mass is 326 g/mol. The van der Waals surface area contributed by atoms with Crippen LogP contribution in [0.5, 0.6) is 0 Å². The molecule has 2 amide bonds. The summed E-state index contributed by atoms with van der Waals surface area (Å²) >= 11 is 1.84. The molecule has 0 bridgehead atoms. The van der Waals surface area contributed by atoms with E-state index < -0.39 is 0 Å². The van der Waals surface area contributed by atoms with Crippen LogP contribution in [0.2, 0.25) is 0 Å². The second-order valence-corrected chi connectivity index (χ2v) is 7.11. The zero-order chi connectivity index (χ0) is 16.2. The third kappa shape index (κ3) is 3.70. The zero-order valence-corrected chi connectivity index (χ0v) is 14.4. The Balaban J connectivity index is 1.69. The van der Waals surface area contributed by atoms with Gasteiger partial charge in [0, 0.05) is 18.8 Å². The number of benzene rings is 2. The van der Waals surface area contributed by atoms with Crippen LogP contribution in [-0.4, -0.2) is 23.2 Å². The van der Waals surface area contributed by atoms with E-state index in [0.29, 0.717) is 6.54 Å². The minimum absolute atomic E-state index is 0.0174. The van der Waals surface area contributed by atoms with Crippen molar-refractivity contribution in [2.24, 2.45) is 0 Å². The number of urea groups is 1. The Kier molecular flexibility index (Phi) is 4.91. The van der Waals surface area contributed by atoms with Crippen molar-refractivity contribution >= 4 is 17.8 Å². The third-order valence-electron chi connectivity index (χ3n) is 4.13. The molecule has 120 valence electrons. The summed E-state index contributed by atoms with van der Waals surface area (Å²) in [5, 5.41) is 3.16. The molecule has 1 heterocycles. The van der Waals surface area contributed by atoms with Gasteiger partial charge >= 0.3 is 6.03 Å². The van der Waals surface area contributed by atoms with Crippen molar-refractivity contribution in [3.05, 3.63) is 70.8 Å². The maximum absolute atomic E-state index is 12.6. The van der Waals surface area contributed by atoms with Gasteiger partial charge in [0.1, 0.15) is 5.37 Å². The average Bonchev–Trinajstić information content (AvgIpc) is 3.03. The van der Waals surface area contributed by atoms with Crippen molar-refractivity contribution in [3.8, 4) is 0 Å². The van der Waals surface area contributed by atoms with Gasteiger partial charge in [0.25, 0.3) is 0 Å². The minimum Gasteiger partial charge on any atom is -0.334 e. The van der Waals surface area contributed by atoms with E-state index in [2.05, 4.69) is 37.4 Å². The van der Waals surface area contributed by atoms with Gasteiger partial charge in [-0.15, -0.1) is 11.8 Å². The van der Waals surface area contributed by atoms with E-state index in [1.54, 1.807) is 0 Å². The predicted octanol–water partition coefficient (Wildman–Crippen LogP) is 4.26. The fourth-order valence-electron chi connectivity index (χ4n) is 2.91. The van der Waals surface area contributed by atoms with Gasteiger partial charge in [0.2, 0.25) is 0 Å². The van der Waals surface area contributed by atoms with E-state index in [1.807, 2.05) is 47.0 Å². The summed E-state index contributed by atoms with van der Waals surface area (Å²) in [6.07, 6.45) is 0. The number of rotatable bonds is 3. The smallest absolute Gasteiger partial charge is 0.318 e. The van der Waals surface area contributed by atoms with E-state index in [1.165, 1.54) is 16.7 Å². The van der Waals surface area contributed by atoms with E-state index in [0.717, 1.165) is 17.9 Å². The highest BCUT2D eigenvalue weighted by Gasteiger charge is 2.31. The number of thioether (sulfide) groups is 1. The van der Waals surface area contributed by atoms with E-state index in [-0.39, 0.29) is 11.4 Å². The number of nitrogens with zero attached hydrogens (tertiary/aromatic N) is 1. The highest BCUT2D eigenvalue weighted by Crippen LogP contribution is 2.39. The quantitative estimate of drug-likeness (QED) is 0.914. The lowest BCUT2D eigenvalue weighted by Crippen LogP contribution is -2.39. The molecule has 3 rings (SSSR count). The van der Waals surface area contributed by atoms with E-state index >= 15 is 0 Å². The van der Waals surface area contributed by atoms with Crippen LogP contribution < -0.4 is 5.32 Å². The van der Waals surface area contributed by atoms with Crippen molar-refractivity contribution in [2.75, 3.05) is 12.3 Å². The lowest BCUT2D eigenvalue weighted by Gasteiger charge is -2.25. The van der Waals surface area contributed by atoms with E-state index in [9.17, 15) is 4.79 Å². The standard InChI is InChI=1S/C19H22N2OS/c1-14-8-9-17(15(2)12-14)18-21(10-11-23-18)19(22)20-13-16-6-4-3-5-7-16/h3-9,12,18H,10-11,13H2,1-2H3,(H,20,22)/t18-/m1/s1. The molecule has 1 saturated heterocycles. The first kappa shape index (κ1) is 15.9. The summed E-state index contributed by atoms with van der Waals surface area (Å²) < 4.78 is 0. The number of amides is 2. The number of nitrogens with one attached hydrogen (secondary N) is 1. The van der Waals surface area contributed by atoms with Gasteiger partial charge in [-0.3, -0.25) is 0 Å². The van der Waals surface area contributed by atoms with Crippen molar-refractivity contribution in [2.45, 2.75) is 25.8 Å². The molecule has 0 radical (unpaired) electrons. The van der Waals surface area contributed by atoms with Crippen LogP contribution in [-0.2, 0) is 6.54 Å². The molecule has 23 heavy (non-hydrogen) atoms. The van der Waals surface area contributed by atoms with Crippen molar-refractivity contribution < 1.29 is 4.79 Å². The maximum atomic E-state index is 12.6. The molecule has 1 N–H and O–H groups in total. The van der Waals surface area contributed by atoms with Crippen LogP contribution >= 0.6 is 11.8 Å². The topological polar surface area (TPSA) is 32.3 Å². The van der Waals surface area contributed by atoms with Gasteiger partial charge < -0.3 is 10.2 Å². The first-order valence-electron chi connectivity index (χ1n) is 7.92. The van der Waals surface area contributed by atoms with Gasteiger partial charge in [0.15, 0.2) is 0 Å². The number of aryl methyl sites for hydroxylation is 2. The second-order valence-electron chi connectivity index (χ2n) is 5.92. The van der Waals surface area contributed by atoms with Gasteiger partial charge in [-0.1, -0.05) is 54.1 Å². The predicted molar refractivity (Wildman–Crippen MR) is 96.5 cm³/mol. The Morgan fingerprint density at radius 3 is 2.74 bits per heavy atom. The summed E-state index contributed by atoms with van der Waals surface area (Å²) in [4.78, 5) is 14.5. The zero-order valence-electron chi connectivity index (χ0n) is 13.6. The van der Waals surface area contributed by atoms with E-state index in [4.69, 9.17) is 0 Å². The molecule has 1 atom stereocenters. The molecule has 1 aliphatic rings. The number of hydrogen-bond donors (Lipinski definition) is 1. The SMILES string of the molecule is Cc1ccc([C@H]2SCCN2C(=O)NCc2ccccc2)c(C)c1. The van der Waals surface area contributed by atoms with Gasteiger partial charge in [0.05, 0.1) is 0 Å². The molecular formula is C19H22N2OS. The molecule has 0 unspecified atom stereocenters. The number of carbonyl (C=O) groups excluding carboxylic acids is 1. The maximum Gasteiger partial charge on any atom is 0.318 e. The molecule has 0 aliphatic carbocycles. The van der Waals surface area contributed by atoms with Gasteiger partial charge in [-0.05, 0) is 30.5 Å². The Labute approximate surface area is 142 Å². The molecule has 1 aliphatic heterocycles. The molecular weight excluding hydrogens is 304 g/mol. The minimum atomic E-state index is 0.0174.